The van der Waals surface area contributed by atoms with Crippen LogP contribution in [0.4, 0.5) is 0 Å². The van der Waals surface area contributed by atoms with E-state index in [1.54, 1.807) is 18.2 Å². The van der Waals surface area contributed by atoms with Gasteiger partial charge in [0, 0.05) is 18.2 Å². The molecule has 2 rings (SSSR count). The van der Waals surface area contributed by atoms with Crippen molar-refractivity contribution in [1.82, 2.24) is 4.90 Å². The number of amides is 1. The molecule has 0 bridgehead atoms. The maximum Gasteiger partial charge on any atom is 0.254 e. The van der Waals surface area contributed by atoms with E-state index in [0.29, 0.717) is 11.6 Å². The fourth-order valence-corrected chi connectivity index (χ4v) is 2.44. The number of phenols is 1. The first-order valence-electron chi connectivity index (χ1n) is 6.20. The van der Waals surface area contributed by atoms with Gasteiger partial charge in [0.2, 0.25) is 0 Å². The summed E-state index contributed by atoms with van der Waals surface area (Å²) >= 11 is 0. The van der Waals surface area contributed by atoms with Gasteiger partial charge in [-0.05, 0) is 56.9 Å². The largest absolute Gasteiger partial charge is 0.508 e. The molecule has 0 aliphatic carbocycles. The molecule has 1 aromatic rings. The first-order valence-corrected chi connectivity index (χ1v) is 6.20. The van der Waals surface area contributed by atoms with Crippen LogP contribution in [0.3, 0.4) is 0 Å². The van der Waals surface area contributed by atoms with E-state index in [4.69, 9.17) is 0 Å². The number of benzene rings is 1. The molecule has 0 spiro atoms. The zero-order valence-electron chi connectivity index (χ0n) is 10.4. The Morgan fingerprint density at radius 2 is 2.18 bits per heavy atom. The SMILES string of the molecule is Cc1cc(O)ccc1C(=O)N1CCCCC1C. The summed E-state index contributed by atoms with van der Waals surface area (Å²) in [7, 11) is 0. The Morgan fingerprint density at radius 1 is 1.41 bits per heavy atom. The van der Waals surface area contributed by atoms with Gasteiger partial charge in [0.15, 0.2) is 0 Å². The normalized spacial score (nSPS) is 20.4. The summed E-state index contributed by atoms with van der Waals surface area (Å²) < 4.78 is 0. The van der Waals surface area contributed by atoms with Crippen molar-refractivity contribution in [2.75, 3.05) is 6.54 Å². The number of nitrogens with zero attached hydrogens (tertiary/aromatic N) is 1. The average Bonchev–Trinajstić information content (AvgIpc) is 2.29. The van der Waals surface area contributed by atoms with E-state index in [2.05, 4.69) is 6.92 Å². The molecular weight excluding hydrogens is 214 g/mol. The van der Waals surface area contributed by atoms with Crippen molar-refractivity contribution in [2.24, 2.45) is 0 Å². The van der Waals surface area contributed by atoms with E-state index < -0.39 is 0 Å². The van der Waals surface area contributed by atoms with E-state index >= 15 is 0 Å². The lowest BCUT2D eigenvalue weighted by molar-refractivity contribution is 0.0635. The van der Waals surface area contributed by atoms with Crippen LogP contribution in [-0.4, -0.2) is 28.5 Å². The molecule has 1 atom stereocenters. The second kappa shape index (κ2) is 4.78. The van der Waals surface area contributed by atoms with Gasteiger partial charge in [0.1, 0.15) is 5.75 Å². The number of piperidine rings is 1. The smallest absolute Gasteiger partial charge is 0.254 e. The number of hydrogen-bond acceptors (Lipinski definition) is 2. The zero-order chi connectivity index (χ0) is 12.4. The van der Waals surface area contributed by atoms with Crippen molar-refractivity contribution in [2.45, 2.75) is 39.2 Å². The number of likely N-dealkylation sites (tertiary alicyclic amines) is 1. The molecule has 1 unspecified atom stereocenters. The van der Waals surface area contributed by atoms with E-state index in [0.717, 1.165) is 24.9 Å². The minimum atomic E-state index is 0.0923. The lowest BCUT2D eigenvalue weighted by Crippen LogP contribution is -2.42. The molecular formula is C14H19NO2. The summed E-state index contributed by atoms with van der Waals surface area (Å²) in [6, 6.07) is 5.26. The number of carbonyl (C=O) groups is 1. The molecule has 1 aliphatic rings. The summed E-state index contributed by atoms with van der Waals surface area (Å²) in [6.45, 7) is 4.81. The van der Waals surface area contributed by atoms with Gasteiger partial charge in [-0.15, -0.1) is 0 Å². The molecule has 1 heterocycles. The quantitative estimate of drug-likeness (QED) is 0.810. The van der Waals surface area contributed by atoms with Crippen molar-refractivity contribution >= 4 is 5.91 Å². The Balaban J connectivity index is 2.24. The summed E-state index contributed by atoms with van der Waals surface area (Å²) in [5, 5.41) is 9.36. The molecule has 1 N–H and O–H groups in total. The maximum atomic E-state index is 12.4. The Kier molecular flexibility index (Phi) is 3.36. The van der Waals surface area contributed by atoms with Crippen LogP contribution < -0.4 is 0 Å². The molecule has 0 aromatic heterocycles. The van der Waals surface area contributed by atoms with E-state index in [1.807, 2.05) is 11.8 Å². The van der Waals surface area contributed by atoms with Crippen LogP contribution in [0.15, 0.2) is 18.2 Å². The minimum Gasteiger partial charge on any atom is -0.508 e. The van der Waals surface area contributed by atoms with Crippen LogP contribution in [0.1, 0.15) is 42.1 Å². The van der Waals surface area contributed by atoms with Crippen molar-refractivity contribution in [1.29, 1.82) is 0 Å². The lowest BCUT2D eigenvalue weighted by atomic mass is 10.0. The highest BCUT2D eigenvalue weighted by molar-refractivity contribution is 5.96. The molecule has 1 aliphatic heterocycles. The average molecular weight is 233 g/mol. The Bertz CT molecular complexity index is 428. The number of aryl methyl sites for hydroxylation is 1. The van der Waals surface area contributed by atoms with Crippen LogP contribution in [0.25, 0.3) is 0 Å². The highest BCUT2D eigenvalue weighted by atomic mass is 16.3. The number of rotatable bonds is 1. The van der Waals surface area contributed by atoms with Crippen LogP contribution in [-0.2, 0) is 0 Å². The molecule has 3 nitrogen and oxygen atoms in total. The van der Waals surface area contributed by atoms with Gasteiger partial charge in [0.25, 0.3) is 5.91 Å². The Hall–Kier alpha value is -1.51. The van der Waals surface area contributed by atoms with Crippen LogP contribution in [0, 0.1) is 6.92 Å². The molecule has 1 amide bonds. The van der Waals surface area contributed by atoms with Gasteiger partial charge in [-0.1, -0.05) is 0 Å². The van der Waals surface area contributed by atoms with Gasteiger partial charge in [-0.3, -0.25) is 4.79 Å². The summed E-state index contributed by atoms with van der Waals surface area (Å²) in [4.78, 5) is 14.3. The molecule has 1 aromatic carbocycles. The third-order valence-corrected chi connectivity index (χ3v) is 3.50. The first-order chi connectivity index (χ1) is 8.09. The summed E-state index contributed by atoms with van der Waals surface area (Å²) in [5.41, 5.74) is 1.55. The monoisotopic (exact) mass is 233 g/mol. The molecule has 0 saturated carbocycles. The topological polar surface area (TPSA) is 40.5 Å². The molecule has 1 saturated heterocycles. The number of aromatic hydroxyl groups is 1. The zero-order valence-corrected chi connectivity index (χ0v) is 10.4. The molecule has 0 radical (unpaired) electrons. The minimum absolute atomic E-state index is 0.0923. The number of phenolic OH excluding ortho intramolecular Hbond substituents is 1. The molecule has 3 heteroatoms. The van der Waals surface area contributed by atoms with Gasteiger partial charge >= 0.3 is 0 Å². The highest BCUT2D eigenvalue weighted by Crippen LogP contribution is 2.22. The predicted molar refractivity (Wildman–Crippen MR) is 67.2 cm³/mol. The second-order valence-electron chi connectivity index (χ2n) is 4.84. The fraction of sp³-hybridized carbons (Fsp3) is 0.500. The lowest BCUT2D eigenvalue weighted by Gasteiger charge is -2.33. The van der Waals surface area contributed by atoms with Crippen molar-refractivity contribution < 1.29 is 9.90 Å². The second-order valence-corrected chi connectivity index (χ2v) is 4.84. The van der Waals surface area contributed by atoms with E-state index in [-0.39, 0.29) is 11.7 Å². The maximum absolute atomic E-state index is 12.4. The predicted octanol–water partition coefficient (Wildman–Crippen LogP) is 2.72. The summed E-state index contributed by atoms with van der Waals surface area (Å²) in [5.74, 6) is 0.306. The highest BCUT2D eigenvalue weighted by Gasteiger charge is 2.24. The fourth-order valence-electron chi connectivity index (χ4n) is 2.44. The van der Waals surface area contributed by atoms with Crippen molar-refractivity contribution in [3.63, 3.8) is 0 Å². The van der Waals surface area contributed by atoms with Gasteiger partial charge < -0.3 is 10.0 Å². The Morgan fingerprint density at radius 3 is 2.82 bits per heavy atom. The van der Waals surface area contributed by atoms with Crippen LogP contribution in [0.5, 0.6) is 5.75 Å². The molecule has 1 fully saturated rings. The molecule has 92 valence electrons. The molecule has 17 heavy (non-hydrogen) atoms. The third kappa shape index (κ3) is 2.43. The number of hydrogen-bond donors (Lipinski definition) is 1. The van der Waals surface area contributed by atoms with Crippen molar-refractivity contribution in [3.05, 3.63) is 29.3 Å². The first kappa shape index (κ1) is 12.0. The van der Waals surface area contributed by atoms with Crippen LogP contribution in [0.2, 0.25) is 0 Å². The van der Waals surface area contributed by atoms with Gasteiger partial charge in [-0.2, -0.15) is 0 Å². The van der Waals surface area contributed by atoms with Gasteiger partial charge in [0.05, 0.1) is 0 Å². The van der Waals surface area contributed by atoms with E-state index in [9.17, 15) is 9.90 Å². The van der Waals surface area contributed by atoms with Crippen molar-refractivity contribution in [3.8, 4) is 5.75 Å². The standard InChI is InChI=1S/C14H19NO2/c1-10-9-12(16)6-7-13(10)14(17)15-8-4-3-5-11(15)2/h6-7,9,11,16H,3-5,8H2,1-2H3. The third-order valence-electron chi connectivity index (χ3n) is 3.50. The summed E-state index contributed by atoms with van der Waals surface area (Å²) in [6.07, 6.45) is 3.38. The Labute approximate surface area is 102 Å². The number of carbonyl (C=O) groups excluding carboxylic acids is 1. The van der Waals surface area contributed by atoms with E-state index in [1.165, 1.54) is 6.42 Å². The van der Waals surface area contributed by atoms with Crippen LogP contribution >= 0.6 is 0 Å². The van der Waals surface area contributed by atoms with Gasteiger partial charge in [-0.25, -0.2) is 0 Å².